The molecule has 3 fully saturated rings. The molecule has 2 bridgehead atoms. The number of aliphatic hydroxyl groups excluding tert-OH is 1. The minimum Gasteiger partial charge on any atom is -0.497 e. The fraction of sp³-hybridized carbons (Fsp3) is 0.560. The number of aliphatic carboxylic acids is 1. The lowest BCUT2D eigenvalue weighted by Gasteiger charge is -2.41. The SMILES string of the molecule is C=CCN(C(=O)C1N([C@@H](CC)CO)C(=O)[C@@H]2[C@H](C(=O)O)[C@@H]3CC(C)C12S3)c1ccc(OC)cc1. The molecule has 34 heavy (non-hydrogen) atoms. The second kappa shape index (κ2) is 9.26. The number of anilines is 1. The summed E-state index contributed by atoms with van der Waals surface area (Å²) >= 11 is 1.49. The van der Waals surface area contributed by atoms with Crippen molar-refractivity contribution in [2.45, 2.75) is 48.8 Å². The number of hydrogen-bond donors (Lipinski definition) is 2. The number of nitrogens with zero attached hydrogens (tertiary/aromatic N) is 2. The lowest BCUT2D eigenvalue weighted by atomic mass is 9.66. The molecule has 1 aromatic rings. The zero-order valence-electron chi connectivity index (χ0n) is 19.7. The van der Waals surface area contributed by atoms with E-state index in [0.717, 1.165) is 0 Å². The fourth-order valence-electron chi connectivity index (χ4n) is 6.19. The number of aliphatic hydroxyl groups is 1. The van der Waals surface area contributed by atoms with Crippen LogP contribution in [0.2, 0.25) is 0 Å². The Balaban J connectivity index is 1.84. The molecule has 184 valence electrons. The summed E-state index contributed by atoms with van der Waals surface area (Å²) in [5, 5.41) is 19.9. The van der Waals surface area contributed by atoms with Gasteiger partial charge < -0.3 is 24.7 Å². The zero-order chi connectivity index (χ0) is 24.8. The first-order valence-electron chi connectivity index (χ1n) is 11.7. The molecule has 7 atom stereocenters. The first kappa shape index (κ1) is 24.6. The highest BCUT2D eigenvalue weighted by Gasteiger charge is 2.76. The van der Waals surface area contributed by atoms with E-state index in [0.29, 0.717) is 24.3 Å². The molecule has 3 aliphatic rings. The highest BCUT2D eigenvalue weighted by molar-refractivity contribution is 8.02. The Bertz CT molecular complexity index is 980. The van der Waals surface area contributed by atoms with Gasteiger partial charge in [0.15, 0.2) is 0 Å². The van der Waals surface area contributed by atoms with Crippen molar-refractivity contribution in [2.24, 2.45) is 17.8 Å². The maximum atomic E-state index is 14.3. The summed E-state index contributed by atoms with van der Waals surface area (Å²) in [7, 11) is 1.57. The number of carbonyl (C=O) groups is 3. The molecule has 0 aromatic heterocycles. The molecule has 1 aromatic carbocycles. The van der Waals surface area contributed by atoms with Crippen molar-refractivity contribution in [3.63, 3.8) is 0 Å². The van der Waals surface area contributed by atoms with E-state index < -0.39 is 34.6 Å². The van der Waals surface area contributed by atoms with Crippen molar-refractivity contribution in [1.29, 1.82) is 0 Å². The van der Waals surface area contributed by atoms with Crippen molar-refractivity contribution in [2.75, 3.05) is 25.2 Å². The van der Waals surface area contributed by atoms with Crippen molar-refractivity contribution < 1.29 is 29.3 Å². The van der Waals surface area contributed by atoms with Gasteiger partial charge in [-0.3, -0.25) is 14.4 Å². The third kappa shape index (κ3) is 3.43. The standard InChI is InChI=1S/C25H32N2O6S/c1-5-11-26(16-7-9-17(33-4)10-8-16)23(30)21-25-14(3)12-18(34-25)19(24(31)32)20(25)22(29)27(21)15(6-2)13-28/h5,7-10,14-15,18-21,28H,1,6,11-13H2,2-4H3,(H,31,32)/t14?,15-,18-,19+,20-,21?,25?/m0/s1. The van der Waals surface area contributed by atoms with Crippen LogP contribution in [-0.4, -0.2) is 75.2 Å². The van der Waals surface area contributed by atoms with Gasteiger partial charge in [0.2, 0.25) is 5.91 Å². The molecule has 8 nitrogen and oxygen atoms in total. The summed E-state index contributed by atoms with van der Waals surface area (Å²) in [6.45, 7) is 7.62. The third-order valence-electron chi connectivity index (χ3n) is 7.74. The van der Waals surface area contributed by atoms with Crippen LogP contribution in [0.1, 0.15) is 26.7 Å². The van der Waals surface area contributed by atoms with Crippen molar-refractivity contribution >= 4 is 35.2 Å². The van der Waals surface area contributed by atoms with Crippen LogP contribution in [-0.2, 0) is 14.4 Å². The minimum absolute atomic E-state index is 0.0244. The van der Waals surface area contributed by atoms with E-state index in [1.165, 1.54) is 16.7 Å². The van der Waals surface area contributed by atoms with Crippen molar-refractivity contribution in [3.8, 4) is 5.75 Å². The Morgan fingerprint density at radius 2 is 2.06 bits per heavy atom. The molecule has 3 heterocycles. The Kier molecular flexibility index (Phi) is 6.70. The van der Waals surface area contributed by atoms with Gasteiger partial charge in [0.05, 0.1) is 36.3 Å². The summed E-state index contributed by atoms with van der Waals surface area (Å²) in [6, 6.07) is 5.64. The normalized spacial score (nSPS) is 32.4. The van der Waals surface area contributed by atoms with Gasteiger partial charge in [-0.15, -0.1) is 18.3 Å². The van der Waals surface area contributed by atoms with Crippen LogP contribution in [0.4, 0.5) is 5.69 Å². The largest absolute Gasteiger partial charge is 0.497 e. The van der Waals surface area contributed by atoms with Gasteiger partial charge in [-0.05, 0) is 43.0 Å². The number of likely N-dealkylation sites (tertiary alicyclic amines) is 1. The van der Waals surface area contributed by atoms with Crippen molar-refractivity contribution in [3.05, 3.63) is 36.9 Å². The Morgan fingerprint density at radius 1 is 1.38 bits per heavy atom. The number of carboxylic acids is 1. The third-order valence-corrected chi connectivity index (χ3v) is 9.82. The van der Waals surface area contributed by atoms with Crippen LogP contribution >= 0.6 is 11.8 Å². The van der Waals surface area contributed by atoms with E-state index in [1.54, 1.807) is 42.4 Å². The van der Waals surface area contributed by atoms with Gasteiger partial charge in [0.25, 0.3) is 5.91 Å². The van der Waals surface area contributed by atoms with Crippen molar-refractivity contribution in [1.82, 2.24) is 4.90 Å². The van der Waals surface area contributed by atoms with Crippen LogP contribution in [0.25, 0.3) is 0 Å². The van der Waals surface area contributed by atoms with Gasteiger partial charge in [-0.1, -0.05) is 19.9 Å². The lowest BCUT2D eigenvalue weighted by Crippen LogP contribution is -2.59. The summed E-state index contributed by atoms with van der Waals surface area (Å²) in [4.78, 5) is 43.5. The second-order valence-electron chi connectivity index (χ2n) is 9.32. The average molecular weight is 489 g/mol. The summed E-state index contributed by atoms with van der Waals surface area (Å²) in [5.74, 6) is -2.60. The van der Waals surface area contributed by atoms with E-state index in [1.807, 2.05) is 13.8 Å². The Morgan fingerprint density at radius 3 is 2.59 bits per heavy atom. The maximum absolute atomic E-state index is 14.3. The van der Waals surface area contributed by atoms with E-state index in [4.69, 9.17) is 4.74 Å². The van der Waals surface area contributed by atoms with Gasteiger partial charge in [0.1, 0.15) is 11.8 Å². The molecule has 0 aliphatic carbocycles. The molecule has 3 saturated heterocycles. The van der Waals surface area contributed by atoms with Crippen LogP contribution < -0.4 is 9.64 Å². The molecular weight excluding hydrogens is 456 g/mol. The first-order valence-corrected chi connectivity index (χ1v) is 12.5. The summed E-state index contributed by atoms with van der Waals surface area (Å²) < 4.78 is 4.39. The molecule has 4 rings (SSSR count). The fourth-order valence-corrected chi connectivity index (χ4v) is 8.58. The number of carbonyl (C=O) groups excluding carboxylic acids is 2. The van der Waals surface area contributed by atoms with E-state index in [-0.39, 0.29) is 36.1 Å². The van der Waals surface area contributed by atoms with Crippen LogP contribution in [0.5, 0.6) is 5.75 Å². The van der Waals surface area contributed by atoms with E-state index in [2.05, 4.69) is 6.58 Å². The first-order chi connectivity index (χ1) is 16.3. The molecule has 2 amide bonds. The minimum atomic E-state index is -0.993. The highest BCUT2D eigenvalue weighted by atomic mass is 32.2. The highest BCUT2D eigenvalue weighted by Crippen LogP contribution is 2.69. The van der Waals surface area contributed by atoms with E-state index >= 15 is 0 Å². The van der Waals surface area contributed by atoms with Crippen LogP contribution in [0, 0.1) is 17.8 Å². The van der Waals surface area contributed by atoms with E-state index in [9.17, 15) is 24.6 Å². The van der Waals surface area contributed by atoms with Gasteiger partial charge in [-0.2, -0.15) is 0 Å². The zero-order valence-corrected chi connectivity index (χ0v) is 20.5. The number of carboxylic acid groups (broad SMARTS) is 1. The topological polar surface area (TPSA) is 107 Å². The molecule has 0 radical (unpaired) electrons. The van der Waals surface area contributed by atoms with Crippen LogP contribution in [0.3, 0.4) is 0 Å². The van der Waals surface area contributed by atoms with Gasteiger partial charge >= 0.3 is 5.97 Å². The molecule has 2 N–H and O–H groups in total. The molecule has 3 aliphatic heterocycles. The number of amides is 2. The molecule has 0 saturated carbocycles. The molecular formula is C25H32N2O6S. The number of ether oxygens (including phenoxy) is 1. The number of hydrogen-bond acceptors (Lipinski definition) is 6. The number of rotatable bonds is 9. The predicted octanol–water partition coefficient (Wildman–Crippen LogP) is 2.41. The number of benzene rings is 1. The Hall–Kier alpha value is -2.52. The molecule has 3 unspecified atom stereocenters. The number of thioether (sulfide) groups is 1. The maximum Gasteiger partial charge on any atom is 0.308 e. The summed E-state index contributed by atoms with van der Waals surface area (Å²) in [5.41, 5.74) is 0.634. The predicted molar refractivity (Wildman–Crippen MR) is 130 cm³/mol. The lowest BCUT2D eigenvalue weighted by molar-refractivity contribution is -0.149. The summed E-state index contributed by atoms with van der Waals surface area (Å²) in [6.07, 6.45) is 2.73. The number of methoxy groups -OCH3 is 1. The average Bonchev–Trinajstić information content (AvgIpc) is 3.42. The Labute approximate surface area is 203 Å². The quantitative estimate of drug-likeness (QED) is 0.514. The molecule has 9 heteroatoms. The monoisotopic (exact) mass is 488 g/mol. The van der Waals surface area contributed by atoms with Crippen LogP contribution in [0.15, 0.2) is 36.9 Å². The van der Waals surface area contributed by atoms with Gasteiger partial charge in [-0.25, -0.2) is 0 Å². The molecule has 1 spiro atoms. The smallest absolute Gasteiger partial charge is 0.308 e. The second-order valence-corrected chi connectivity index (χ2v) is 10.9. The van der Waals surface area contributed by atoms with Gasteiger partial charge in [0, 0.05) is 17.5 Å². The number of fused-ring (bicyclic) bond motifs is 1.